The molecule has 0 radical (unpaired) electrons. The number of ether oxygens (including phenoxy) is 1. The molecule has 1 atom stereocenters. The second-order valence-corrected chi connectivity index (χ2v) is 9.21. The molecule has 0 aliphatic heterocycles. The van der Waals surface area contributed by atoms with Crippen molar-refractivity contribution in [3.05, 3.63) is 53.8 Å². The Hall–Kier alpha value is -1.97. The summed E-state index contributed by atoms with van der Waals surface area (Å²) in [5.74, 6) is -0.529. The third-order valence-electron chi connectivity index (χ3n) is 3.57. The molecule has 0 saturated heterocycles. The van der Waals surface area contributed by atoms with Crippen molar-refractivity contribution in [1.29, 1.82) is 0 Å². The Labute approximate surface area is 146 Å². The van der Waals surface area contributed by atoms with Gasteiger partial charge in [0, 0.05) is 12.3 Å². The summed E-state index contributed by atoms with van der Waals surface area (Å²) in [5.41, 5.74) is 0.426. The van der Waals surface area contributed by atoms with Crippen LogP contribution in [0.15, 0.2) is 52.3 Å². The summed E-state index contributed by atoms with van der Waals surface area (Å²) in [6, 6.07) is 8.33. The summed E-state index contributed by atoms with van der Waals surface area (Å²) in [6.45, 7) is 1.57. The van der Waals surface area contributed by atoms with Crippen LogP contribution in [0.2, 0.25) is 0 Å². The van der Waals surface area contributed by atoms with Gasteiger partial charge in [-0.1, -0.05) is 6.07 Å². The zero-order valence-corrected chi connectivity index (χ0v) is 15.5. The topological polar surface area (TPSA) is 89.5 Å². The van der Waals surface area contributed by atoms with Gasteiger partial charge in [-0.3, -0.25) is 0 Å². The monoisotopic (exact) mass is 387 g/mol. The van der Waals surface area contributed by atoms with Crippen LogP contribution in [0, 0.1) is 5.82 Å². The lowest BCUT2D eigenvalue weighted by Crippen LogP contribution is -2.27. The van der Waals surface area contributed by atoms with Crippen molar-refractivity contribution in [3.63, 3.8) is 0 Å². The standard InChI is InChI=1S/C16H18FNO5S2/c1-11(12-4-9-16(23-2)15(17)10-12)18-25(21,22)14-7-5-13(6-8-14)24(3,19)20/h4-11,18H,1-3H3. The summed E-state index contributed by atoms with van der Waals surface area (Å²) in [6.07, 6.45) is 1.04. The van der Waals surface area contributed by atoms with Gasteiger partial charge in [-0.2, -0.15) is 0 Å². The van der Waals surface area contributed by atoms with Crippen LogP contribution in [0.1, 0.15) is 18.5 Å². The first-order chi connectivity index (χ1) is 11.5. The average molecular weight is 387 g/mol. The first-order valence-electron chi connectivity index (χ1n) is 7.20. The molecule has 0 aliphatic carbocycles. The second-order valence-electron chi connectivity index (χ2n) is 5.48. The van der Waals surface area contributed by atoms with E-state index in [4.69, 9.17) is 4.74 Å². The van der Waals surface area contributed by atoms with E-state index in [0.29, 0.717) is 5.56 Å². The summed E-state index contributed by atoms with van der Waals surface area (Å²) < 4.78 is 68.7. The van der Waals surface area contributed by atoms with Crippen LogP contribution in [0.5, 0.6) is 5.75 Å². The van der Waals surface area contributed by atoms with Gasteiger partial charge >= 0.3 is 0 Å². The Kier molecular flexibility index (Phi) is 5.50. The van der Waals surface area contributed by atoms with Crippen molar-refractivity contribution in [2.45, 2.75) is 22.8 Å². The molecule has 0 heterocycles. The number of hydrogen-bond donors (Lipinski definition) is 1. The van der Waals surface area contributed by atoms with Crippen LogP contribution >= 0.6 is 0 Å². The highest BCUT2D eigenvalue weighted by molar-refractivity contribution is 7.90. The molecule has 2 rings (SSSR count). The Balaban J connectivity index is 2.24. The number of methoxy groups -OCH3 is 1. The lowest BCUT2D eigenvalue weighted by atomic mass is 10.1. The molecule has 6 nitrogen and oxygen atoms in total. The molecule has 0 bridgehead atoms. The number of rotatable bonds is 6. The molecular formula is C16H18FNO5S2. The van der Waals surface area contributed by atoms with E-state index in [9.17, 15) is 21.2 Å². The van der Waals surface area contributed by atoms with Crippen molar-refractivity contribution in [2.24, 2.45) is 0 Å². The third-order valence-corrected chi connectivity index (χ3v) is 6.26. The first kappa shape index (κ1) is 19.4. The molecule has 1 unspecified atom stereocenters. The van der Waals surface area contributed by atoms with E-state index < -0.39 is 31.7 Å². The van der Waals surface area contributed by atoms with Crippen LogP contribution in [-0.2, 0) is 19.9 Å². The zero-order chi connectivity index (χ0) is 18.8. The highest BCUT2D eigenvalue weighted by atomic mass is 32.2. The van der Waals surface area contributed by atoms with Crippen molar-refractivity contribution in [1.82, 2.24) is 4.72 Å². The Morgan fingerprint density at radius 2 is 1.56 bits per heavy atom. The molecule has 2 aromatic carbocycles. The molecule has 0 aromatic heterocycles. The van der Waals surface area contributed by atoms with Gasteiger partial charge in [-0.25, -0.2) is 25.9 Å². The number of halogens is 1. The van der Waals surface area contributed by atoms with E-state index in [1.807, 2.05) is 0 Å². The minimum atomic E-state index is -3.90. The van der Waals surface area contributed by atoms with Gasteiger partial charge in [0.1, 0.15) is 0 Å². The SMILES string of the molecule is COc1ccc(C(C)NS(=O)(=O)c2ccc(S(C)(=O)=O)cc2)cc1F. The van der Waals surface area contributed by atoms with Crippen LogP contribution < -0.4 is 9.46 Å². The predicted molar refractivity (Wildman–Crippen MR) is 91.2 cm³/mol. The fourth-order valence-corrected chi connectivity index (χ4v) is 4.05. The van der Waals surface area contributed by atoms with Gasteiger partial charge in [0.2, 0.25) is 10.0 Å². The number of sulfonamides is 1. The highest BCUT2D eigenvalue weighted by Crippen LogP contribution is 2.23. The predicted octanol–water partition coefficient (Wildman–Crippen LogP) is 2.28. The van der Waals surface area contributed by atoms with Crippen molar-refractivity contribution >= 4 is 19.9 Å². The van der Waals surface area contributed by atoms with Crippen LogP contribution in [0.25, 0.3) is 0 Å². The van der Waals surface area contributed by atoms with E-state index in [2.05, 4.69) is 4.72 Å². The highest BCUT2D eigenvalue weighted by Gasteiger charge is 2.20. The maximum Gasteiger partial charge on any atom is 0.241 e. The van der Waals surface area contributed by atoms with E-state index in [-0.39, 0.29) is 15.5 Å². The van der Waals surface area contributed by atoms with Gasteiger partial charge in [-0.05, 0) is 48.9 Å². The van der Waals surface area contributed by atoms with E-state index in [0.717, 1.165) is 6.26 Å². The van der Waals surface area contributed by atoms with E-state index in [1.54, 1.807) is 13.0 Å². The summed E-state index contributed by atoms with van der Waals surface area (Å²) in [5, 5.41) is 0. The van der Waals surface area contributed by atoms with Gasteiger partial charge in [0.15, 0.2) is 21.4 Å². The second kappa shape index (κ2) is 7.11. The van der Waals surface area contributed by atoms with Crippen molar-refractivity contribution in [3.8, 4) is 5.75 Å². The smallest absolute Gasteiger partial charge is 0.241 e. The summed E-state index contributed by atoms with van der Waals surface area (Å²) in [4.78, 5) is -0.0579. The van der Waals surface area contributed by atoms with Crippen molar-refractivity contribution in [2.75, 3.05) is 13.4 Å². The molecule has 0 spiro atoms. The maximum absolute atomic E-state index is 13.8. The third kappa shape index (κ3) is 4.56. The quantitative estimate of drug-likeness (QED) is 0.821. The van der Waals surface area contributed by atoms with Crippen LogP contribution in [0.3, 0.4) is 0 Å². The number of hydrogen-bond acceptors (Lipinski definition) is 5. The number of benzene rings is 2. The Bertz CT molecular complexity index is 970. The number of sulfone groups is 1. The number of nitrogens with one attached hydrogen (secondary N) is 1. The largest absolute Gasteiger partial charge is 0.494 e. The van der Waals surface area contributed by atoms with Crippen molar-refractivity contribution < 1.29 is 26.0 Å². The molecule has 0 aliphatic rings. The summed E-state index contributed by atoms with van der Waals surface area (Å²) >= 11 is 0. The van der Waals surface area contributed by atoms with E-state index in [1.165, 1.54) is 43.5 Å². The summed E-state index contributed by atoms with van der Waals surface area (Å²) in [7, 11) is -5.97. The Morgan fingerprint density at radius 3 is 2.04 bits per heavy atom. The molecule has 9 heteroatoms. The molecule has 25 heavy (non-hydrogen) atoms. The molecule has 0 fully saturated rings. The van der Waals surface area contributed by atoms with Gasteiger partial charge in [-0.15, -0.1) is 0 Å². The van der Waals surface area contributed by atoms with Gasteiger partial charge in [0.25, 0.3) is 0 Å². The van der Waals surface area contributed by atoms with Crippen LogP contribution in [-0.4, -0.2) is 30.2 Å². The minimum absolute atomic E-state index is 0.0247. The zero-order valence-electron chi connectivity index (χ0n) is 13.9. The minimum Gasteiger partial charge on any atom is -0.494 e. The molecule has 1 N–H and O–H groups in total. The van der Waals surface area contributed by atoms with Gasteiger partial charge in [0.05, 0.1) is 16.9 Å². The maximum atomic E-state index is 13.8. The fourth-order valence-electron chi connectivity index (χ4n) is 2.19. The van der Waals surface area contributed by atoms with E-state index >= 15 is 0 Å². The molecular weight excluding hydrogens is 369 g/mol. The molecule has 0 saturated carbocycles. The fraction of sp³-hybridized carbons (Fsp3) is 0.250. The van der Waals surface area contributed by atoms with Gasteiger partial charge < -0.3 is 4.74 Å². The molecule has 2 aromatic rings. The Morgan fingerprint density at radius 1 is 1.00 bits per heavy atom. The molecule has 0 amide bonds. The lowest BCUT2D eigenvalue weighted by Gasteiger charge is -2.15. The normalized spacial score (nSPS) is 13.4. The lowest BCUT2D eigenvalue weighted by molar-refractivity contribution is 0.386. The van der Waals surface area contributed by atoms with Crippen LogP contribution in [0.4, 0.5) is 4.39 Å². The first-order valence-corrected chi connectivity index (χ1v) is 10.6. The molecule has 136 valence electrons. The average Bonchev–Trinajstić information content (AvgIpc) is 2.53.